The number of furan rings is 1. The average Bonchev–Trinajstić information content (AvgIpc) is 3.18. The van der Waals surface area contributed by atoms with E-state index in [2.05, 4.69) is 11.2 Å². The Morgan fingerprint density at radius 2 is 2.18 bits per heavy atom. The largest absolute Gasteiger partial charge is 0.475 e. The molecule has 0 atom stereocenters. The lowest BCUT2D eigenvalue weighted by atomic mass is 10.0. The summed E-state index contributed by atoms with van der Waals surface area (Å²) in [5.41, 5.74) is 4.34. The second-order valence-corrected chi connectivity index (χ2v) is 5.89. The molecule has 0 spiro atoms. The Morgan fingerprint density at radius 3 is 2.86 bits per heavy atom. The fraction of sp³-hybridized carbons (Fsp3) is 0.294. The molecule has 22 heavy (non-hydrogen) atoms. The molecule has 0 saturated heterocycles. The molecule has 112 valence electrons. The number of aryl methyl sites for hydroxylation is 2. The number of nitrogens with zero attached hydrogens (tertiary/aromatic N) is 2. The predicted molar refractivity (Wildman–Crippen MR) is 82.1 cm³/mol. The van der Waals surface area contributed by atoms with Crippen molar-refractivity contribution in [2.45, 2.75) is 25.7 Å². The molecule has 2 aromatic heterocycles. The zero-order valence-electron chi connectivity index (χ0n) is 12.5. The molecule has 5 nitrogen and oxygen atoms in total. The van der Waals surface area contributed by atoms with E-state index in [1.54, 1.807) is 13.0 Å². The molecule has 0 amide bonds. The summed E-state index contributed by atoms with van der Waals surface area (Å²) in [7, 11) is 1.92. The molecular formula is C17H16N2O3. The topological polar surface area (TPSA) is 68.3 Å². The normalized spacial score (nSPS) is 14.6. The van der Waals surface area contributed by atoms with Gasteiger partial charge in [-0.25, -0.2) is 4.79 Å². The van der Waals surface area contributed by atoms with Crippen molar-refractivity contribution in [3.05, 3.63) is 41.3 Å². The molecule has 1 saturated carbocycles. The van der Waals surface area contributed by atoms with Gasteiger partial charge in [0, 0.05) is 29.5 Å². The number of fused-ring (bicyclic) bond motifs is 1. The van der Waals surface area contributed by atoms with Crippen LogP contribution in [0.3, 0.4) is 0 Å². The fourth-order valence-electron chi connectivity index (χ4n) is 3.04. The van der Waals surface area contributed by atoms with E-state index in [1.807, 2.05) is 23.9 Å². The second kappa shape index (κ2) is 4.47. The molecule has 0 radical (unpaired) electrons. The lowest BCUT2D eigenvalue weighted by Crippen LogP contribution is -1.96. The number of aromatic nitrogens is 2. The van der Waals surface area contributed by atoms with Gasteiger partial charge in [0.2, 0.25) is 5.76 Å². The van der Waals surface area contributed by atoms with E-state index in [0.29, 0.717) is 17.1 Å². The van der Waals surface area contributed by atoms with E-state index in [0.717, 1.165) is 22.3 Å². The molecule has 3 aromatic rings. The third-order valence-electron chi connectivity index (χ3n) is 4.32. The molecule has 0 unspecified atom stereocenters. The van der Waals surface area contributed by atoms with Gasteiger partial charge in [-0.1, -0.05) is 12.1 Å². The highest BCUT2D eigenvalue weighted by Gasteiger charge is 2.28. The highest BCUT2D eigenvalue weighted by atomic mass is 16.4. The van der Waals surface area contributed by atoms with Crippen molar-refractivity contribution in [2.24, 2.45) is 7.05 Å². The number of aromatic carboxylic acids is 1. The van der Waals surface area contributed by atoms with E-state index in [1.165, 1.54) is 12.8 Å². The molecule has 4 rings (SSSR count). The van der Waals surface area contributed by atoms with Gasteiger partial charge in [0.25, 0.3) is 0 Å². The summed E-state index contributed by atoms with van der Waals surface area (Å²) in [6.45, 7) is 1.79. The standard InChI is InChI=1S/C17H16N2O3/c1-9-15-11(4-3-5-14(15)22-16(9)17(20)21)13-8-12(10-6-7-10)18-19(13)2/h3-5,8,10H,6-7H2,1-2H3,(H,20,21). The minimum Gasteiger partial charge on any atom is -0.475 e. The molecule has 2 heterocycles. The number of carboxylic acids is 1. The number of carboxylic acid groups (broad SMARTS) is 1. The first-order valence-electron chi connectivity index (χ1n) is 7.36. The van der Waals surface area contributed by atoms with Crippen molar-refractivity contribution < 1.29 is 14.3 Å². The molecule has 1 N–H and O–H groups in total. The number of benzene rings is 1. The quantitative estimate of drug-likeness (QED) is 0.800. The van der Waals surface area contributed by atoms with E-state index in [9.17, 15) is 9.90 Å². The monoisotopic (exact) mass is 296 g/mol. The van der Waals surface area contributed by atoms with Crippen LogP contribution in [0.25, 0.3) is 22.2 Å². The fourth-order valence-corrected chi connectivity index (χ4v) is 3.04. The lowest BCUT2D eigenvalue weighted by molar-refractivity contribution is 0.0664. The minimum absolute atomic E-state index is 0.00651. The van der Waals surface area contributed by atoms with Gasteiger partial charge in [0.05, 0.1) is 11.4 Å². The van der Waals surface area contributed by atoms with Crippen LogP contribution in [0.4, 0.5) is 0 Å². The average molecular weight is 296 g/mol. The van der Waals surface area contributed by atoms with Crippen LogP contribution in [-0.2, 0) is 7.05 Å². The Kier molecular flexibility index (Phi) is 2.66. The van der Waals surface area contributed by atoms with Crippen LogP contribution in [0.15, 0.2) is 28.7 Å². The van der Waals surface area contributed by atoms with Gasteiger partial charge >= 0.3 is 5.97 Å². The third-order valence-corrected chi connectivity index (χ3v) is 4.32. The summed E-state index contributed by atoms with van der Waals surface area (Å²) >= 11 is 0. The smallest absolute Gasteiger partial charge is 0.372 e. The summed E-state index contributed by atoms with van der Waals surface area (Å²) in [6, 6.07) is 7.79. The van der Waals surface area contributed by atoms with Crippen molar-refractivity contribution in [3.63, 3.8) is 0 Å². The van der Waals surface area contributed by atoms with Gasteiger partial charge in [-0.2, -0.15) is 5.10 Å². The number of carbonyl (C=O) groups is 1. The first kappa shape index (κ1) is 13.1. The van der Waals surface area contributed by atoms with Gasteiger partial charge in [0.15, 0.2) is 0 Å². The summed E-state index contributed by atoms with van der Waals surface area (Å²) in [5.74, 6) is -0.449. The van der Waals surface area contributed by atoms with Gasteiger partial charge in [-0.05, 0) is 31.9 Å². The molecule has 1 aliphatic carbocycles. The Bertz CT molecular complexity index is 900. The maximum absolute atomic E-state index is 11.3. The Labute approximate surface area is 127 Å². The minimum atomic E-state index is -1.04. The molecular weight excluding hydrogens is 280 g/mol. The molecule has 5 heteroatoms. The molecule has 0 aliphatic heterocycles. The molecule has 1 aliphatic rings. The lowest BCUT2D eigenvalue weighted by Gasteiger charge is -2.04. The Hall–Kier alpha value is -2.56. The van der Waals surface area contributed by atoms with Crippen molar-refractivity contribution in [1.82, 2.24) is 9.78 Å². The van der Waals surface area contributed by atoms with E-state index in [-0.39, 0.29) is 5.76 Å². The summed E-state index contributed by atoms with van der Waals surface area (Å²) in [4.78, 5) is 11.3. The van der Waals surface area contributed by atoms with Crippen LogP contribution in [0, 0.1) is 6.92 Å². The van der Waals surface area contributed by atoms with Crippen LogP contribution in [0.5, 0.6) is 0 Å². The van der Waals surface area contributed by atoms with Gasteiger partial charge < -0.3 is 9.52 Å². The Balaban J connectivity index is 1.96. The molecule has 1 fully saturated rings. The van der Waals surface area contributed by atoms with Gasteiger partial charge in [0.1, 0.15) is 5.58 Å². The number of hydrogen-bond acceptors (Lipinski definition) is 3. The number of hydrogen-bond donors (Lipinski definition) is 1. The SMILES string of the molecule is Cc1c(C(=O)O)oc2cccc(-c3cc(C4CC4)nn3C)c12. The van der Waals surface area contributed by atoms with Crippen LogP contribution in [0.1, 0.15) is 40.6 Å². The second-order valence-electron chi connectivity index (χ2n) is 5.89. The molecule has 0 bridgehead atoms. The zero-order chi connectivity index (χ0) is 15.4. The summed E-state index contributed by atoms with van der Waals surface area (Å²) in [5, 5.41) is 14.7. The predicted octanol–water partition coefficient (Wildman–Crippen LogP) is 3.72. The van der Waals surface area contributed by atoms with Crippen LogP contribution in [-0.4, -0.2) is 20.9 Å². The van der Waals surface area contributed by atoms with Gasteiger partial charge in [-0.3, -0.25) is 4.68 Å². The summed E-state index contributed by atoms with van der Waals surface area (Å²) < 4.78 is 7.37. The van der Waals surface area contributed by atoms with Crippen molar-refractivity contribution in [1.29, 1.82) is 0 Å². The van der Waals surface area contributed by atoms with E-state index >= 15 is 0 Å². The van der Waals surface area contributed by atoms with Crippen molar-refractivity contribution in [3.8, 4) is 11.3 Å². The maximum atomic E-state index is 11.3. The van der Waals surface area contributed by atoms with E-state index in [4.69, 9.17) is 4.42 Å². The van der Waals surface area contributed by atoms with Crippen LogP contribution in [0.2, 0.25) is 0 Å². The maximum Gasteiger partial charge on any atom is 0.372 e. The number of rotatable bonds is 3. The highest BCUT2D eigenvalue weighted by molar-refractivity contribution is 6.01. The third kappa shape index (κ3) is 1.85. The summed E-state index contributed by atoms with van der Waals surface area (Å²) in [6.07, 6.45) is 2.41. The van der Waals surface area contributed by atoms with Crippen LogP contribution >= 0.6 is 0 Å². The van der Waals surface area contributed by atoms with Crippen molar-refractivity contribution >= 4 is 16.9 Å². The van der Waals surface area contributed by atoms with Crippen LogP contribution < -0.4 is 0 Å². The first-order valence-corrected chi connectivity index (χ1v) is 7.36. The van der Waals surface area contributed by atoms with Crippen molar-refractivity contribution in [2.75, 3.05) is 0 Å². The van der Waals surface area contributed by atoms with E-state index < -0.39 is 5.97 Å². The van der Waals surface area contributed by atoms with Gasteiger partial charge in [-0.15, -0.1) is 0 Å². The zero-order valence-corrected chi connectivity index (χ0v) is 12.5. The first-order chi connectivity index (χ1) is 10.6. The highest BCUT2D eigenvalue weighted by Crippen LogP contribution is 2.41. The Morgan fingerprint density at radius 1 is 1.41 bits per heavy atom. The molecule has 1 aromatic carbocycles.